The first-order valence-corrected chi connectivity index (χ1v) is 10.4. The van der Waals surface area contributed by atoms with Crippen molar-refractivity contribution in [1.29, 1.82) is 0 Å². The number of benzene rings is 2. The number of nitrogens with zero attached hydrogens (tertiary/aromatic N) is 2. The number of morpholine rings is 1. The van der Waals surface area contributed by atoms with E-state index in [4.69, 9.17) is 14.2 Å². The Balaban J connectivity index is 1.32. The second kappa shape index (κ2) is 9.78. The second-order valence-corrected chi connectivity index (χ2v) is 7.64. The smallest absolute Gasteiger partial charge is 0.123 e. The van der Waals surface area contributed by atoms with Crippen LogP contribution in [0.25, 0.3) is 0 Å². The maximum atomic E-state index is 6.01. The third kappa shape index (κ3) is 5.20. The van der Waals surface area contributed by atoms with Crippen molar-refractivity contribution in [3.8, 4) is 11.5 Å². The summed E-state index contributed by atoms with van der Waals surface area (Å²) in [6, 6.07) is 18.3. The molecule has 2 aromatic carbocycles. The van der Waals surface area contributed by atoms with Crippen molar-refractivity contribution < 1.29 is 14.2 Å². The standard InChI is InChI=1S/C24H29N3O3/c1-18-8-9-19(23(14-18)28-2)16-27-11-13-30-24(17-27)22-15-20(25-26-22)10-12-29-21-6-4-3-5-7-21/h3-9,14-15,24H,10-13,16-17H2,1-2H3,(H,25,26)/t24-/m0/s1. The average Bonchev–Trinajstić information content (AvgIpc) is 3.25. The van der Waals surface area contributed by atoms with Gasteiger partial charge in [0.2, 0.25) is 0 Å². The van der Waals surface area contributed by atoms with Gasteiger partial charge in [-0.25, -0.2) is 0 Å². The molecule has 2 heterocycles. The summed E-state index contributed by atoms with van der Waals surface area (Å²) >= 11 is 0. The number of rotatable bonds is 8. The van der Waals surface area contributed by atoms with Crippen molar-refractivity contribution in [1.82, 2.24) is 15.1 Å². The number of aromatic amines is 1. The Labute approximate surface area is 177 Å². The molecule has 0 saturated carbocycles. The van der Waals surface area contributed by atoms with Crippen LogP contribution in [-0.2, 0) is 17.7 Å². The number of aromatic nitrogens is 2. The highest BCUT2D eigenvalue weighted by molar-refractivity contribution is 5.37. The van der Waals surface area contributed by atoms with Gasteiger partial charge in [0, 0.05) is 37.3 Å². The van der Waals surface area contributed by atoms with Gasteiger partial charge < -0.3 is 14.2 Å². The maximum absolute atomic E-state index is 6.01. The van der Waals surface area contributed by atoms with E-state index in [1.165, 1.54) is 11.1 Å². The molecule has 30 heavy (non-hydrogen) atoms. The van der Waals surface area contributed by atoms with E-state index >= 15 is 0 Å². The van der Waals surface area contributed by atoms with E-state index in [1.807, 2.05) is 30.3 Å². The van der Waals surface area contributed by atoms with Gasteiger partial charge in [0.25, 0.3) is 0 Å². The molecule has 1 aliphatic rings. The molecule has 1 fully saturated rings. The number of ether oxygens (including phenoxy) is 3. The number of hydrogen-bond acceptors (Lipinski definition) is 5. The summed E-state index contributed by atoms with van der Waals surface area (Å²) in [5.74, 6) is 1.83. The zero-order valence-corrected chi connectivity index (χ0v) is 17.6. The summed E-state index contributed by atoms with van der Waals surface area (Å²) in [6.45, 7) is 5.93. The molecule has 0 amide bonds. The van der Waals surface area contributed by atoms with Crippen molar-refractivity contribution in [3.63, 3.8) is 0 Å². The minimum Gasteiger partial charge on any atom is -0.496 e. The number of H-pyrrole nitrogens is 1. The Kier molecular flexibility index (Phi) is 6.67. The van der Waals surface area contributed by atoms with Crippen molar-refractivity contribution in [2.75, 3.05) is 33.4 Å². The van der Waals surface area contributed by atoms with Gasteiger partial charge in [0.15, 0.2) is 0 Å². The van der Waals surface area contributed by atoms with Crippen LogP contribution in [0.1, 0.15) is 28.6 Å². The fraction of sp³-hybridized carbons (Fsp3) is 0.375. The fourth-order valence-electron chi connectivity index (χ4n) is 3.72. The van der Waals surface area contributed by atoms with Crippen LogP contribution in [0.4, 0.5) is 0 Å². The van der Waals surface area contributed by atoms with Crippen LogP contribution in [0.3, 0.4) is 0 Å². The average molecular weight is 408 g/mol. The number of methoxy groups -OCH3 is 1. The van der Waals surface area contributed by atoms with E-state index in [0.717, 1.165) is 48.9 Å². The van der Waals surface area contributed by atoms with Crippen LogP contribution >= 0.6 is 0 Å². The van der Waals surface area contributed by atoms with Gasteiger partial charge in [0.1, 0.15) is 17.6 Å². The van der Waals surface area contributed by atoms with E-state index in [2.05, 4.69) is 46.3 Å². The summed E-state index contributed by atoms with van der Waals surface area (Å²) in [5, 5.41) is 7.63. The predicted octanol–water partition coefficient (Wildman–Crippen LogP) is 3.92. The highest BCUT2D eigenvalue weighted by Gasteiger charge is 2.25. The van der Waals surface area contributed by atoms with Crippen LogP contribution in [0.5, 0.6) is 11.5 Å². The van der Waals surface area contributed by atoms with Gasteiger partial charge in [-0.05, 0) is 36.8 Å². The monoisotopic (exact) mass is 407 g/mol. The lowest BCUT2D eigenvalue weighted by atomic mass is 10.1. The molecule has 1 atom stereocenters. The first kappa shape index (κ1) is 20.4. The number of aryl methyl sites for hydroxylation is 1. The summed E-state index contributed by atoms with van der Waals surface area (Å²) in [4.78, 5) is 2.40. The molecule has 1 aliphatic heterocycles. The molecule has 1 saturated heterocycles. The van der Waals surface area contributed by atoms with Crippen molar-refractivity contribution in [3.05, 3.63) is 77.1 Å². The van der Waals surface area contributed by atoms with E-state index in [1.54, 1.807) is 7.11 Å². The van der Waals surface area contributed by atoms with Gasteiger partial charge in [0.05, 0.1) is 26.0 Å². The minimum atomic E-state index is -0.0322. The second-order valence-electron chi connectivity index (χ2n) is 7.64. The number of para-hydroxylation sites is 1. The molecule has 6 heteroatoms. The molecule has 1 aromatic heterocycles. The predicted molar refractivity (Wildman–Crippen MR) is 116 cm³/mol. The van der Waals surface area contributed by atoms with E-state index < -0.39 is 0 Å². The third-order valence-corrected chi connectivity index (χ3v) is 5.35. The molecule has 4 rings (SSSR count). The highest BCUT2D eigenvalue weighted by Crippen LogP contribution is 2.26. The zero-order chi connectivity index (χ0) is 20.8. The van der Waals surface area contributed by atoms with Gasteiger partial charge in [-0.15, -0.1) is 0 Å². The topological polar surface area (TPSA) is 59.6 Å². The molecular weight excluding hydrogens is 378 g/mol. The van der Waals surface area contributed by atoms with Crippen LogP contribution in [0.15, 0.2) is 54.6 Å². The fourth-order valence-corrected chi connectivity index (χ4v) is 3.72. The lowest BCUT2D eigenvalue weighted by Gasteiger charge is -2.32. The molecule has 0 aliphatic carbocycles. The zero-order valence-electron chi connectivity index (χ0n) is 17.6. The van der Waals surface area contributed by atoms with Crippen molar-refractivity contribution in [2.45, 2.75) is 26.0 Å². The van der Waals surface area contributed by atoms with Gasteiger partial charge in [-0.3, -0.25) is 10.00 Å². The summed E-state index contributed by atoms with van der Waals surface area (Å²) < 4.78 is 17.4. The molecule has 6 nitrogen and oxygen atoms in total. The van der Waals surface area contributed by atoms with E-state index in [0.29, 0.717) is 13.2 Å². The van der Waals surface area contributed by atoms with Crippen molar-refractivity contribution in [2.24, 2.45) is 0 Å². The third-order valence-electron chi connectivity index (χ3n) is 5.35. The Morgan fingerprint density at radius 3 is 2.87 bits per heavy atom. The first-order valence-electron chi connectivity index (χ1n) is 10.4. The van der Waals surface area contributed by atoms with Gasteiger partial charge in [-0.1, -0.05) is 30.3 Å². The van der Waals surface area contributed by atoms with Gasteiger partial charge in [-0.2, -0.15) is 5.10 Å². The molecular formula is C24H29N3O3. The molecule has 0 unspecified atom stereocenters. The Bertz CT molecular complexity index is 942. The van der Waals surface area contributed by atoms with E-state index in [-0.39, 0.29) is 6.10 Å². The molecule has 158 valence electrons. The lowest BCUT2D eigenvalue weighted by molar-refractivity contribution is -0.0351. The molecule has 0 bridgehead atoms. The molecule has 0 spiro atoms. The highest BCUT2D eigenvalue weighted by atomic mass is 16.5. The Hall–Kier alpha value is -2.83. The lowest BCUT2D eigenvalue weighted by Crippen LogP contribution is -2.38. The largest absolute Gasteiger partial charge is 0.496 e. The number of hydrogen-bond donors (Lipinski definition) is 1. The molecule has 0 radical (unpaired) electrons. The Morgan fingerprint density at radius 2 is 2.03 bits per heavy atom. The summed E-state index contributed by atoms with van der Waals surface area (Å²) in [5.41, 5.74) is 4.41. The van der Waals surface area contributed by atoms with Gasteiger partial charge >= 0.3 is 0 Å². The van der Waals surface area contributed by atoms with Crippen LogP contribution in [-0.4, -0.2) is 48.5 Å². The molecule has 3 aromatic rings. The summed E-state index contributed by atoms with van der Waals surface area (Å²) in [6.07, 6.45) is 0.744. The maximum Gasteiger partial charge on any atom is 0.123 e. The van der Waals surface area contributed by atoms with Crippen molar-refractivity contribution >= 4 is 0 Å². The Morgan fingerprint density at radius 1 is 1.17 bits per heavy atom. The SMILES string of the molecule is COc1cc(C)ccc1CN1CCO[C@H](c2cc(CCOc3ccccc3)[nH]n2)C1. The van der Waals surface area contributed by atoms with Crippen LogP contribution in [0, 0.1) is 6.92 Å². The van der Waals surface area contributed by atoms with Crippen LogP contribution < -0.4 is 9.47 Å². The number of nitrogens with one attached hydrogen (secondary N) is 1. The normalized spacial score (nSPS) is 17.1. The van der Waals surface area contributed by atoms with Crippen LogP contribution in [0.2, 0.25) is 0 Å². The summed E-state index contributed by atoms with van der Waals surface area (Å²) in [7, 11) is 1.73. The van der Waals surface area contributed by atoms with E-state index in [9.17, 15) is 0 Å². The first-order chi connectivity index (χ1) is 14.7. The molecule has 1 N–H and O–H groups in total. The quantitative estimate of drug-likeness (QED) is 0.613. The minimum absolute atomic E-state index is 0.0322.